The van der Waals surface area contributed by atoms with Crippen molar-refractivity contribution < 1.29 is 9.59 Å². The third-order valence-electron chi connectivity index (χ3n) is 5.78. The van der Waals surface area contributed by atoms with Crippen LogP contribution in [0, 0.1) is 0 Å². The number of rotatable bonds is 9. The lowest BCUT2D eigenvalue weighted by Crippen LogP contribution is -2.47. The van der Waals surface area contributed by atoms with Gasteiger partial charge >= 0.3 is 0 Å². The van der Waals surface area contributed by atoms with Gasteiger partial charge in [-0.15, -0.1) is 22.7 Å². The Balaban J connectivity index is 1.59. The zero-order valence-electron chi connectivity index (χ0n) is 17.5. The number of hydrogen-bond donors (Lipinski definition) is 1. The maximum atomic E-state index is 13.5. The fourth-order valence-electron chi connectivity index (χ4n) is 4.18. The summed E-state index contributed by atoms with van der Waals surface area (Å²) in [6.45, 7) is 0.509. The number of nitrogens with zero attached hydrogens (tertiary/aromatic N) is 1. The summed E-state index contributed by atoms with van der Waals surface area (Å²) in [6.07, 6.45) is 5.40. The predicted octanol–water partition coefficient (Wildman–Crippen LogP) is 5.22. The standard InChI is InChI=1S/C25H28N2O2S2/c28-23(18-21-12-6-16-30-21)27(15-14-19-8-2-1-3-9-19)24(22-13-7-17-31-22)25(29)26-20-10-4-5-11-20/h1-3,6-9,12-13,16-17,20,24H,4-5,10-11,14-15,18H2,(H,26,29)/t24-/m0/s1. The van der Waals surface area contributed by atoms with E-state index in [1.807, 2.05) is 53.2 Å². The van der Waals surface area contributed by atoms with Crippen LogP contribution in [0.15, 0.2) is 65.4 Å². The molecule has 1 fully saturated rings. The molecule has 162 valence electrons. The van der Waals surface area contributed by atoms with E-state index in [2.05, 4.69) is 17.4 Å². The molecule has 0 saturated heterocycles. The van der Waals surface area contributed by atoms with E-state index in [0.29, 0.717) is 13.0 Å². The molecule has 1 aliphatic carbocycles. The highest BCUT2D eigenvalue weighted by molar-refractivity contribution is 7.10. The van der Waals surface area contributed by atoms with Crippen molar-refractivity contribution in [2.45, 2.75) is 50.6 Å². The fraction of sp³-hybridized carbons (Fsp3) is 0.360. The van der Waals surface area contributed by atoms with Gasteiger partial charge in [-0.05, 0) is 47.7 Å². The lowest BCUT2D eigenvalue weighted by molar-refractivity contribution is -0.140. The first-order valence-electron chi connectivity index (χ1n) is 10.9. The molecule has 3 aromatic rings. The first-order chi connectivity index (χ1) is 15.2. The molecule has 2 heterocycles. The van der Waals surface area contributed by atoms with Crippen LogP contribution < -0.4 is 5.32 Å². The van der Waals surface area contributed by atoms with E-state index in [1.165, 1.54) is 0 Å². The molecule has 1 atom stereocenters. The van der Waals surface area contributed by atoms with Crippen molar-refractivity contribution in [2.24, 2.45) is 0 Å². The van der Waals surface area contributed by atoms with Gasteiger partial charge in [0.1, 0.15) is 6.04 Å². The third kappa shape index (κ3) is 5.83. The number of benzene rings is 1. The Kier molecular flexibility index (Phi) is 7.54. The lowest BCUT2D eigenvalue weighted by atomic mass is 10.1. The second kappa shape index (κ2) is 10.7. The van der Waals surface area contributed by atoms with Crippen molar-refractivity contribution in [3.8, 4) is 0 Å². The second-order valence-electron chi connectivity index (χ2n) is 7.99. The minimum atomic E-state index is -0.586. The number of nitrogens with one attached hydrogen (secondary N) is 1. The van der Waals surface area contributed by atoms with E-state index in [1.54, 1.807) is 27.6 Å². The van der Waals surface area contributed by atoms with Crippen LogP contribution in [0.3, 0.4) is 0 Å². The van der Waals surface area contributed by atoms with E-state index in [4.69, 9.17) is 0 Å². The van der Waals surface area contributed by atoms with Gasteiger partial charge in [-0.3, -0.25) is 9.59 Å². The Labute approximate surface area is 191 Å². The van der Waals surface area contributed by atoms with Gasteiger partial charge in [-0.1, -0.05) is 55.3 Å². The average molecular weight is 453 g/mol. The van der Waals surface area contributed by atoms with E-state index >= 15 is 0 Å². The molecule has 0 bridgehead atoms. The number of carbonyl (C=O) groups is 2. The molecule has 1 aromatic carbocycles. The molecular formula is C25H28N2O2S2. The number of thiophene rings is 2. The maximum absolute atomic E-state index is 13.5. The third-order valence-corrected chi connectivity index (χ3v) is 7.59. The van der Waals surface area contributed by atoms with Crippen molar-refractivity contribution in [3.05, 3.63) is 80.7 Å². The minimum Gasteiger partial charge on any atom is -0.351 e. The second-order valence-corrected chi connectivity index (χ2v) is 10.00. The molecule has 6 heteroatoms. The first-order valence-corrected chi connectivity index (χ1v) is 12.7. The highest BCUT2D eigenvalue weighted by Gasteiger charge is 2.33. The predicted molar refractivity (Wildman–Crippen MR) is 127 cm³/mol. The molecule has 2 amide bonds. The van der Waals surface area contributed by atoms with Gasteiger partial charge in [0.2, 0.25) is 11.8 Å². The summed E-state index contributed by atoms with van der Waals surface area (Å²) < 4.78 is 0. The van der Waals surface area contributed by atoms with Crippen molar-refractivity contribution in [1.29, 1.82) is 0 Å². The molecule has 31 heavy (non-hydrogen) atoms. The Morgan fingerprint density at radius 2 is 1.71 bits per heavy atom. The summed E-state index contributed by atoms with van der Waals surface area (Å²) in [6, 6.07) is 17.7. The summed E-state index contributed by atoms with van der Waals surface area (Å²) in [5, 5.41) is 7.20. The van der Waals surface area contributed by atoms with Gasteiger partial charge in [0, 0.05) is 22.3 Å². The monoisotopic (exact) mass is 452 g/mol. The van der Waals surface area contributed by atoms with Gasteiger partial charge in [-0.2, -0.15) is 0 Å². The van der Waals surface area contributed by atoms with Gasteiger partial charge in [0.25, 0.3) is 0 Å². The Morgan fingerprint density at radius 3 is 2.39 bits per heavy atom. The van der Waals surface area contributed by atoms with Gasteiger partial charge in [0.15, 0.2) is 0 Å². The van der Waals surface area contributed by atoms with Crippen molar-refractivity contribution in [3.63, 3.8) is 0 Å². The van der Waals surface area contributed by atoms with Crippen LogP contribution in [0.1, 0.15) is 47.0 Å². The molecule has 1 aliphatic rings. The quantitative estimate of drug-likeness (QED) is 0.484. The minimum absolute atomic E-state index is 0.00152. The van der Waals surface area contributed by atoms with Gasteiger partial charge in [0.05, 0.1) is 6.42 Å². The topological polar surface area (TPSA) is 49.4 Å². The summed E-state index contributed by atoms with van der Waals surface area (Å²) in [5.41, 5.74) is 1.16. The Bertz CT molecular complexity index is 949. The normalized spacial score (nSPS) is 15.0. The van der Waals surface area contributed by atoms with Crippen molar-refractivity contribution in [1.82, 2.24) is 10.2 Å². The van der Waals surface area contributed by atoms with Crippen molar-refractivity contribution >= 4 is 34.5 Å². The summed E-state index contributed by atoms with van der Waals surface area (Å²) in [5.74, 6) is -0.0553. The first kappa shape index (κ1) is 21.8. The highest BCUT2D eigenvalue weighted by Crippen LogP contribution is 2.28. The number of hydrogen-bond acceptors (Lipinski definition) is 4. The van der Waals surface area contributed by atoms with Gasteiger partial charge in [-0.25, -0.2) is 0 Å². The summed E-state index contributed by atoms with van der Waals surface area (Å²) in [4.78, 5) is 30.7. The lowest BCUT2D eigenvalue weighted by Gasteiger charge is -2.31. The number of carbonyl (C=O) groups excluding carboxylic acids is 2. The zero-order valence-corrected chi connectivity index (χ0v) is 19.2. The average Bonchev–Trinajstić information content (AvgIpc) is 3.55. The van der Waals surface area contributed by atoms with E-state index in [-0.39, 0.29) is 17.9 Å². The highest BCUT2D eigenvalue weighted by atomic mass is 32.1. The Morgan fingerprint density at radius 1 is 0.968 bits per heavy atom. The molecule has 2 aromatic heterocycles. The van der Waals surface area contributed by atoms with Crippen LogP contribution in [0.4, 0.5) is 0 Å². The molecule has 1 saturated carbocycles. The zero-order chi connectivity index (χ0) is 21.5. The van der Waals surface area contributed by atoms with Crippen LogP contribution in [0.2, 0.25) is 0 Å². The molecule has 0 spiro atoms. The summed E-state index contributed by atoms with van der Waals surface area (Å²) >= 11 is 3.12. The maximum Gasteiger partial charge on any atom is 0.248 e. The molecular weight excluding hydrogens is 424 g/mol. The SMILES string of the molecule is O=C(NC1CCCC1)[C@H](c1cccs1)N(CCc1ccccc1)C(=O)Cc1cccs1. The molecule has 0 radical (unpaired) electrons. The van der Waals surface area contributed by atoms with Gasteiger partial charge < -0.3 is 10.2 Å². The van der Waals surface area contributed by atoms with Crippen LogP contribution in [-0.4, -0.2) is 29.3 Å². The summed E-state index contributed by atoms with van der Waals surface area (Å²) in [7, 11) is 0. The molecule has 0 unspecified atom stereocenters. The van der Waals surface area contributed by atoms with Crippen molar-refractivity contribution in [2.75, 3.05) is 6.54 Å². The molecule has 4 nitrogen and oxygen atoms in total. The van der Waals surface area contributed by atoms with Crippen LogP contribution in [0.25, 0.3) is 0 Å². The van der Waals surface area contributed by atoms with E-state index < -0.39 is 6.04 Å². The van der Waals surface area contributed by atoms with E-state index in [0.717, 1.165) is 47.4 Å². The molecule has 4 rings (SSSR count). The smallest absolute Gasteiger partial charge is 0.248 e. The van der Waals surface area contributed by atoms with Crippen LogP contribution in [0.5, 0.6) is 0 Å². The largest absolute Gasteiger partial charge is 0.351 e. The van der Waals surface area contributed by atoms with Crippen LogP contribution in [-0.2, 0) is 22.4 Å². The Hall–Kier alpha value is -2.44. The number of amides is 2. The fourth-order valence-corrected chi connectivity index (χ4v) is 5.71. The molecule has 1 N–H and O–H groups in total. The van der Waals surface area contributed by atoms with E-state index in [9.17, 15) is 9.59 Å². The molecule has 0 aliphatic heterocycles. The van der Waals surface area contributed by atoms with Crippen LogP contribution >= 0.6 is 22.7 Å².